The van der Waals surface area contributed by atoms with Crippen molar-refractivity contribution in [3.63, 3.8) is 0 Å². The molecule has 0 unspecified atom stereocenters. The standard InChI is InChI=1S/C17H17ClFNO2S/c1-2-22-16-9-4-3-8-15(16)20-17(21)11-23-10-12-13(18)6-5-7-14(12)19/h3-9H,2,10-11H2,1H3,(H,20,21). The molecule has 23 heavy (non-hydrogen) atoms. The number of anilines is 1. The van der Waals surface area contributed by atoms with Crippen LogP contribution in [0.4, 0.5) is 10.1 Å². The number of halogens is 2. The average Bonchev–Trinajstić information content (AvgIpc) is 2.52. The van der Waals surface area contributed by atoms with Crippen molar-refractivity contribution in [1.29, 1.82) is 0 Å². The maximum atomic E-state index is 13.6. The maximum absolute atomic E-state index is 13.6. The first-order chi connectivity index (χ1) is 11.1. The molecule has 122 valence electrons. The normalized spacial score (nSPS) is 10.4. The Morgan fingerprint density at radius 2 is 2.04 bits per heavy atom. The molecule has 2 rings (SSSR count). The Kier molecular flexibility index (Phi) is 6.74. The van der Waals surface area contributed by atoms with Crippen LogP contribution in [0.25, 0.3) is 0 Å². The lowest BCUT2D eigenvalue weighted by atomic mass is 10.2. The van der Waals surface area contributed by atoms with E-state index in [1.807, 2.05) is 19.1 Å². The third-order valence-electron chi connectivity index (χ3n) is 3.00. The highest BCUT2D eigenvalue weighted by Crippen LogP contribution is 2.26. The van der Waals surface area contributed by atoms with E-state index in [4.69, 9.17) is 16.3 Å². The first kappa shape index (κ1) is 17.6. The van der Waals surface area contributed by atoms with Gasteiger partial charge in [0.2, 0.25) is 5.91 Å². The van der Waals surface area contributed by atoms with Gasteiger partial charge in [0.1, 0.15) is 11.6 Å². The second-order valence-electron chi connectivity index (χ2n) is 4.67. The highest BCUT2D eigenvalue weighted by Gasteiger charge is 2.10. The molecule has 1 N–H and O–H groups in total. The predicted octanol–water partition coefficient (Wildman–Crippen LogP) is 4.75. The molecule has 0 aliphatic heterocycles. The highest BCUT2D eigenvalue weighted by molar-refractivity contribution is 7.99. The number of carbonyl (C=O) groups is 1. The van der Waals surface area contributed by atoms with Crippen molar-refractivity contribution in [2.75, 3.05) is 17.7 Å². The third-order valence-corrected chi connectivity index (χ3v) is 4.32. The van der Waals surface area contributed by atoms with E-state index in [0.29, 0.717) is 34.4 Å². The number of para-hydroxylation sites is 2. The van der Waals surface area contributed by atoms with Gasteiger partial charge in [0.15, 0.2) is 0 Å². The molecule has 0 bridgehead atoms. The van der Waals surface area contributed by atoms with E-state index in [2.05, 4.69) is 5.32 Å². The van der Waals surface area contributed by atoms with Gasteiger partial charge in [-0.2, -0.15) is 0 Å². The fourth-order valence-electron chi connectivity index (χ4n) is 1.95. The van der Waals surface area contributed by atoms with Crippen LogP contribution in [-0.4, -0.2) is 18.3 Å². The number of carbonyl (C=O) groups excluding carboxylic acids is 1. The van der Waals surface area contributed by atoms with Gasteiger partial charge >= 0.3 is 0 Å². The number of hydrogen-bond donors (Lipinski definition) is 1. The third kappa shape index (κ3) is 5.15. The predicted molar refractivity (Wildman–Crippen MR) is 93.8 cm³/mol. The molecule has 0 saturated heterocycles. The molecule has 0 aliphatic rings. The van der Waals surface area contributed by atoms with Crippen LogP contribution in [0.3, 0.4) is 0 Å². The molecule has 0 saturated carbocycles. The summed E-state index contributed by atoms with van der Waals surface area (Å²) in [6, 6.07) is 11.8. The number of benzene rings is 2. The molecule has 3 nitrogen and oxygen atoms in total. The largest absolute Gasteiger partial charge is 0.492 e. The Bertz CT molecular complexity index is 661. The molecule has 1 amide bonds. The fourth-order valence-corrected chi connectivity index (χ4v) is 3.12. The summed E-state index contributed by atoms with van der Waals surface area (Å²) in [6.07, 6.45) is 0. The summed E-state index contributed by atoms with van der Waals surface area (Å²) >= 11 is 7.26. The van der Waals surface area contributed by atoms with Crippen molar-refractivity contribution in [2.24, 2.45) is 0 Å². The van der Waals surface area contributed by atoms with Crippen molar-refractivity contribution >= 4 is 35.0 Å². The molecular formula is C17H17ClFNO2S. The van der Waals surface area contributed by atoms with Gasteiger partial charge < -0.3 is 10.1 Å². The Morgan fingerprint density at radius 3 is 2.78 bits per heavy atom. The summed E-state index contributed by atoms with van der Waals surface area (Å²) in [5.41, 5.74) is 1.05. The molecule has 0 heterocycles. The van der Waals surface area contributed by atoms with E-state index < -0.39 is 0 Å². The van der Waals surface area contributed by atoms with E-state index >= 15 is 0 Å². The first-order valence-electron chi connectivity index (χ1n) is 7.14. The minimum Gasteiger partial charge on any atom is -0.492 e. The number of thioether (sulfide) groups is 1. The van der Waals surface area contributed by atoms with Gasteiger partial charge in [-0.1, -0.05) is 29.8 Å². The topological polar surface area (TPSA) is 38.3 Å². The molecule has 0 fully saturated rings. The summed E-state index contributed by atoms with van der Waals surface area (Å²) in [7, 11) is 0. The zero-order chi connectivity index (χ0) is 16.7. The summed E-state index contributed by atoms with van der Waals surface area (Å²) in [4.78, 5) is 12.0. The van der Waals surface area contributed by atoms with Crippen LogP contribution >= 0.6 is 23.4 Å². The van der Waals surface area contributed by atoms with Crippen molar-refractivity contribution in [3.05, 3.63) is 58.9 Å². The second kappa shape index (κ2) is 8.79. The molecule has 2 aromatic carbocycles. The second-order valence-corrected chi connectivity index (χ2v) is 6.06. The van der Waals surface area contributed by atoms with Crippen LogP contribution in [0.2, 0.25) is 5.02 Å². The fraction of sp³-hybridized carbons (Fsp3) is 0.235. The Labute approximate surface area is 144 Å². The lowest BCUT2D eigenvalue weighted by Gasteiger charge is -2.11. The first-order valence-corrected chi connectivity index (χ1v) is 8.67. The zero-order valence-electron chi connectivity index (χ0n) is 12.6. The summed E-state index contributed by atoms with van der Waals surface area (Å²) < 4.78 is 19.1. The van der Waals surface area contributed by atoms with Crippen molar-refractivity contribution in [2.45, 2.75) is 12.7 Å². The van der Waals surface area contributed by atoms with Crippen LogP contribution < -0.4 is 10.1 Å². The minimum atomic E-state index is -0.355. The minimum absolute atomic E-state index is 0.172. The maximum Gasteiger partial charge on any atom is 0.234 e. The number of rotatable bonds is 7. The molecule has 0 atom stereocenters. The highest BCUT2D eigenvalue weighted by atomic mass is 35.5. The van der Waals surface area contributed by atoms with Crippen LogP contribution in [0, 0.1) is 5.82 Å². The SMILES string of the molecule is CCOc1ccccc1NC(=O)CSCc1c(F)cccc1Cl. The van der Waals surface area contributed by atoms with Gasteiger partial charge in [0, 0.05) is 16.3 Å². The average molecular weight is 354 g/mol. The number of amides is 1. The van der Waals surface area contributed by atoms with Crippen molar-refractivity contribution in [1.82, 2.24) is 0 Å². The van der Waals surface area contributed by atoms with Gasteiger partial charge in [0.25, 0.3) is 0 Å². The molecule has 6 heteroatoms. The number of nitrogens with one attached hydrogen (secondary N) is 1. The van der Waals surface area contributed by atoms with E-state index in [0.717, 1.165) is 0 Å². The van der Waals surface area contributed by atoms with Gasteiger partial charge in [-0.15, -0.1) is 11.8 Å². The number of hydrogen-bond acceptors (Lipinski definition) is 3. The van der Waals surface area contributed by atoms with Crippen LogP contribution in [0.5, 0.6) is 5.75 Å². The quantitative estimate of drug-likeness (QED) is 0.780. The Balaban J connectivity index is 1.89. The molecule has 0 aliphatic carbocycles. The van der Waals surface area contributed by atoms with Crippen LogP contribution in [0.1, 0.15) is 12.5 Å². The smallest absolute Gasteiger partial charge is 0.234 e. The Hall–Kier alpha value is -1.72. The van der Waals surface area contributed by atoms with Gasteiger partial charge in [-0.3, -0.25) is 4.79 Å². The molecule has 0 aromatic heterocycles. The van der Waals surface area contributed by atoms with Crippen LogP contribution in [-0.2, 0) is 10.5 Å². The van der Waals surface area contributed by atoms with Gasteiger partial charge in [0.05, 0.1) is 18.0 Å². The summed E-state index contributed by atoms with van der Waals surface area (Å²) in [5.74, 6) is 0.643. The summed E-state index contributed by atoms with van der Waals surface area (Å²) in [6.45, 7) is 2.40. The van der Waals surface area contributed by atoms with Crippen LogP contribution in [0.15, 0.2) is 42.5 Å². The van der Waals surface area contributed by atoms with Crippen molar-refractivity contribution < 1.29 is 13.9 Å². The monoisotopic (exact) mass is 353 g/mol. The molecule has 0 radical (unpaired) electrons. The lowest BCUT2D eigenvalue weighted by Crippen LogP contribution is -2.15. The van der Waals surface area contributed by atoms with Gasteiger partial charge in [-0.25, -0.2) is 4.39 Å². The lowest BCUT2D eigenvalue weighted by molar-refractivity contribution is -0.113. The molecule has 0 spiro atoms. The van der Waals surface area contributed by atoms with E-state index in [1.54, 1.807) is 24.3 Å². The Morgan fingerprint density at radius 1 is 1.26 bits per heavy atom. The van der Waals surface area contributed by atoms with Crippen molar-refractivity contribution in [3.8, 4) is 5.75 Å². The molecular weight excluding hydrogens is 337 g/mol. The van der Waals surface area contributed by atoms with E-state index in [1.165, 1.54) is 17.8 Å². The van der Waals surface area contributed by atoms with Gasteiger partial charge in [-0.05, 0) is 31.2 Å². The van der Waals surface area contributed by atoms with E-state index in [9.17, 15) is 9.18 Å². The summed E-state index contributed by atoms with van der Waals surface area (Å²) in [5, 5.41) is 3.17. The molecule has 2 aromatic rings. The number of ether oxygens (including phenoxy) is 1. The zero-order valence-corrected chi connectivity index (χ0v) is 14.2. The van der Waals surface area contributed by atoms with E-state index in [-0.39, 0.29) is 17.5 Å².